The van der Waals surface area contributed by atoms with Crippen molar-refractivity contribution in [3.8, 4) is 0 Å². The van der Waals surface area contributed by atoms with E-state index in [-0.39, 0.29) is 6.04 Å². The van der Waals surface area contributed by atoms with Crippen molar-refractivity contribution in [3.05, 3.63) is 35.4 Å². The molecule has 1 aromatic carbocycles. The minimum atomic E-state index is -3.41. The highest BCUT2D eigenvalue weighted by Gasteiger charge is 2.19. The first-order valence-electron chi connectivity index (χ1n) is 6.37. The lowest BCUT2D eigenvalue weighted by atomic mass is 10.1. The minimum absolute atomic E-state index is 0.0653. The third kappa shape index (κ3) is 4.91. The Bertz CT molecular complexity index is 483. The van der Waals surface area contributed by atoms with Gasteiger partial charge in [0.05, 0.1) is 0 Å². The largest absolute Gasteiger partial charge is 0.330 e. The fourth-order valence-electron chi connectivity index (χ4n) is 1.54. The summed E-state index contributed by atoms with van der Waals surface area (Å²) in [5.41, 5.74) is 7.57. The molecule has 0 bridgehead atoms. The van der Waals surface area contributed by atoms with Gasteiger partial charge in [-0.25, -0.2) is 0 Å². The molecule has 3 N–H and O–H groups in total. The van der Waals surface area contributed by atoms with E-state index in [1.165, 1.54) is 4.31 Å². The van der Waals surface area contributed by atoms with Crippen molar-refractivity contribution < 1.29 is 8.42 Å². The van der Waals surface area contributed by atoms with Gasteiger partial charge >= 0.3 is 0 Å². The third-order valence-electron chi connectivity index (χ3n) is 3.02. The fraction of sp³-hybridized carbons (Fsp3) is 0.538. The Morgan fingerprint density at radius 2 is 1.74 bits per heavy atom. The van der Waals surface area contributed by atoms with Crippen molar-refractivity contribution in [2.45, 2.75) is 32.9 Å². The molecule has 0 spiro atoms. The van der Waals surface area contributed by atoms with Crippen LogP contribution in [0.2, 0.25) is 0 Å². The summed E-state index contributed by atoms with van der Waals surface area (Å²) in [6.07, 6.45) is 0.835. The smallest absolute Gasteiger partial charge is 0.279 e. The number of nitrogens with two attached hydrogens (primary N) is 1. The molecular weight excluding hydrogens is 262 g/mol. The standard InChI is InChI=1S/C13H23N3O2S/c1-11(2)16(3)19(17,18)15-10-13-6-4-12(5-7-13)8-9-14/h4-7,11,15H,8-10,14H2,1-3H3. The first kappa shape index (κ1) is 16.1. The van der Waals surface area contributed by atoms with Gasteiger partial charge in [-0.15, -0.1) is 0 Å². The van der Waals surface area contributed by atoms with Gasteiger partial charge in [-0.05, 0) is 37.9 Å². The van der Waals surface area contributed by atoms with Crippen LogP contribution < -0.4 is 10.5 Å². The molecule has 0 radical (unpaired) electrons. The van der Waals surface area contributed by atoms with Gasteiger partial charge in [-0.3, -0.25) is 0 Å². The molecular formula is C13H23N3O2S. The number of nitrogens with zero attached hydrogens (tertiary/aromatic N) is 1. The molecule has 0 aliphatic carbocycles. The lowest BCUT2D eigenvalue weighted by Crippen LogP contribution is -2.41. The first-order chi connectivity index (χ1) is 8.86. The zero-order valence-electron chi connectivity index (χ0n) is 11.8. The van der Waals surface area contributed by atoms with E-state index in [0.29, 0.717) is 13.1 Å². The summed E-state index contributed by atoms with van der Waals surface area (Å²) in [5, 5.41) is 0. The van der Waals surface area contributed by atoms with E-state index in [9.17, 15) is 8.42 Å². The fourth-order valence-corrected chi connectivity index (χ4v) is 2.65. The average molecular weight is 285 g/mol. The van der Waals surface area contributed by atoms with Crippen LogP contribution in [0.3, 0.4) is 0 Å². The van der Waals surface area contributed by atoms with Crippen LogP contribution in [0.25, 0.3) is 0 Å². The number of nitrogens with one attached hydrogen (secondary N) is 1. The molecule has 0 amide bonds. The molecule has 0 heterocycles. The molecule has 0 saturated carbocycles. The highest BCUT2D eigenvalue weighted by Crippen LogP contribution is 2.06. The van der Waals surface area contributed by atoms with Crippen LogP contribution in [0, 0.1) is 0 Å². The van der Waals surface area contributed by atoms with E-state index in [1.807, 2.05) is 38.1 Å². The predicted molar refractivity (Wildman–Crippen MR) is 77.9 cm³/mol. The normalized spacial score (nSPS) is 12.3. The van der Waals surface area contributed by atoms with Crippen LogP contribution >= 0.6 is 0 Å². The highest BCUT2D eigenvalue weighted by atomic mass is 32.2. The molecule has 1 rings (SSSR count). The maximum atomic E-state index is 11.9. The number of benzene rings is 1. The second kappa shape index (κ2) is 7.00. The van der Waals surface area contributed by atoms with E-state index >= 15 is 0 Å². The monoisotopic (exact) mass is 285 g/mol. The van der Waals surface area contributed by atoms with Crippen LogP contribution in [0.5, 0.6) is 0 Å². The summed E-state index contributed by atoms with van der Waals surface area (Å²) in [7, 11) is -1.85. The molecule has 1 aromatic rings. The van der Waals surface area contributed by atoms with Crippen LogP contribution in [0.15, 0.2) is 24.3 Å². The molecule has 0 aromatic heterocycles. The number of hydrogen-bond donors (Lipinski definition) is 2. The SMILES string of the molecule is CC(C)N(C)S(=O)(=O)NCc1ccc(CCN)cc1. The van der Waals surface area contributed by atoms with Gasteiger partial charge in [-0.2, -0.15) is 17.4 Å². The minimum Gasteiger partial charge on any atom is -0.330 e. The van der Waals surface area contributed by atoms with Crippen LogP contribution in [-0.4, -0.2) is 32.4 Å². The van der Waals surface area contributed by atoms with Crippen molar-refractivity contribution in [2.75, 3.05) is 13.6 Å². The van der Waals surface area contributed by atoms with Gasteiger partial charge in [0.1, 0.15) is 0 Å². The Labute approximate surface area is 116 Å². The lowest BCUT2D eigenvalue weighted by Gasteiger charge is -2.21. The molecule has 19 heavy (non-hydrogen) atoms. The van der Waals surface area contributed by atoms with Crippen molar-refractivity contribution in [2.24, 2.45) is 5.73 Å². The molecule has 6 heteroatoms. The quantitative estimate of drug-likeness (QED) is 0.780. The molecule has 5 nitrogen and oxygen atoms in total. The van der Waals surface area contributed by atoms with Gasteiger partial charge in [0.2, 0.25) is 0 Å². The maximum Gasteiger partial charge on any atom is 0.279 e. The Balaban J connectivity index is 2.61. The Morgan fingerprint density at radius 3 is 2.21 bits per heavy atom. The summed E-state index contributed by atoms with van der Waals surface area (Å²) < 4.78 is 27.7. The summed E-state index contributed by atoms with van der Waals surface area (Å²) in [6, 6.07) is 7.72. The van der Waals surface area contributed by atoms with Gasteiger partial charge < -0.3 is 5.73 Å². The Hall–Kier alpha value is -0.950. The molecule has 0 aliphatic rings. The highest BCUT2D eigenvalue weighted by molar-refractivity contribution is 7.87. The average Bonchev–Trinajstić information content (AvgIpc) is 2.37. The van der Waals surface area contributed by atoms with E-state index in [0.717, 1.165) is 17.5 Å². The second-order valence-corrected chi connectivity index (χ2v) is 6.61. The van der Waals surface area contributed by atoms with Crippen molar-refractivity contribution in [1.29, 1.82) is 0 Å². The molecule has 0 atom stereocenters. The topological polar surface area (TPSA) is 75.4 Å². The molecule has 0 aliphatic heterocycles. The van der Waals surface area contributed by atoms with Crippen molar-refractivity contribution >= 4 is 10.2 Å². The predicted octanol–water partition coefficient (Wildman–Crippen LogP) is 0.862. The van der Waals surface area contributed by atoms with E-state index in [1.54, 1.807) is 7.05 Å². The van der Waals surface area contributed by atoms with E-state index < -0.39 is 10.2 Å². The summed E-state index contributed by atoms with van der Waals surface area (Å²) in [4.78, 5) is 0. The summed E-state index contributed by atoms with van der Waals surface area (Å²) in [6.45, 7) is 4.58. The van der Waals surface area contributed by atoms with Gasteiger partial charge in [0.15, 0.2) is 0 Å². The Kier molecular flexibility index (Phi) is 5.93. The number of rotatable bonds is 7. The van der Waals surface area contributed by atoms with E-state index in [2.05, 4.69) is 4.72 Å². The van der Waals surface area contributed by atoms with E-state index in [4.69, 9.17) is 5.73 Å². The van der Waals surface area contributed by atoms with Crippen LogP contribution in [0.1, 0.15) is 25.0 Å². The van der Waals surface area contributed by atoms with Crippen LogP contribution in [-0.2, 0) is 23.2 Å². The van der Waals surface area contributed by atoms with Crippen molar-refractivity contribution in [3.63, 3.8) is 0 Å². The van der Waals surface area contributed by atoms with Gasteiger partial charge in [0, 0.05) is 19.6 Å². The number of hydrogen-bond acceptors (Lipinski definition) is 3. The van der Waals surface area contributed by atoms with Crippen molar-refractivity contribution in [1.82, 2.24) is 9.03 Å². The molecule has 0 unspecified atom stereocenters. The van der Waals surface area contributed by atoms with Crippen LogP contribution in [0.4, 0.5) is 0 Å². The molecule has 108 valence electrons. The first-order valence-corrected chi connectivity index (χ1v) is 7.81. The third-order valence-corrected chi connectivity index (χ3v) is 4.71. The lowest BCUT2D eigenvalue weighted by molar-refractivity contribution is 0.402. The summed E-state index contributed by atoms with van der Waals surface area (Å²) >= 11 is 0. The summed E-state index contributed by atoms with van der Waals surface area (Å²) in [5.74, 6) is 0. The second-order valence-electron chi connectivity index (χ2n) is 4.79. The van der Waals surface area contributed by atoms with Gasteiger partial charge in [0.25, 0.3) is 10.2 Å². The molecule has 0 saturated heterocycles. The maximum absolute atomic E-state index is 11.9. The Morgan fingerprint density at radius 1 is 1.21 bits per heavy atom. The van der Waals surface area contributed by atoms with Gasteiger partial charge in [-0.1, -0.05) is 24.3 Å². The molecule has 0 fully saturated rings. The zero-order chi connectivity index (χ0) is 14.5. The zero-order valence-corrected chi connectivity index (χ0v) is 12.6.